The summed E-state index contributed by atoms with van der Waals surface area (Å²) in [7, 11) is 1.44. The molecule has 0 aliphatic rings. The molecule has 0 bridgehead atoms. The number of phenolic OH excluding ortho intramolecular Hbond substituents is 1. The van der Waals surface area contributed by atoms with Crippen LogP contribution in [0, 0.1) is 10.1 Å². The molecule has 2 aromatic rings. The number of nitro groups is 1. The largest absolute Gasteiger partial charge is 0.505 e. The third kappa shape index (κ3) is 4.33. The van der Waals surface area contributed by atoms with Crippen LogP contribution < -0.4 is 4.74 Å². The summed E-state index contributed by atoms with van der Waals surface area (Å²) in [4.78, 5) is 10.4. The number of hydrogen-bond donors (Lipinski definition) is 1. The van der Waals surface area contributed by atoms with E-state index in [0.717, 1.165) is 5.56 Å². The number of hydrogen-bond acceptors (Lipinski definition) is 6. The Kier molecular flexibility index (Phi) is 5.42. The van der Waals surface area contributed by atoms with Crippen LogP contribution in [0.2, 0.25) is 0 Å². The molecule has 1 N–H and O–H groups in total. The van der Waals surface area contributed by atoms with E-state index >= 15 is 0 Å². The van der Waals surface area contributed by atoms with E-state index in [4.69, 9.17) is 4.74 Å². The maximum absolute atomic E-state index is 10.9. The van der Waals surface area contributed by atoms with Crippen molar-refractivity contribution in [2.24, 2.45) is 10.2 Å². The van der Waals surface area contributed by atoms with Gasteiger partial charge in [0.2, 0.25) is 0 Å². The molecular formula is C17H18BrN3O4. The molecule has 0 heterocycles. The van der Waals surface area contributed by atoms with E-state index in [1.165, 1.54) is 25.3 Å². The minimum atomic E-state index is -0.521. The molecule has 0 aliphatic carbocycles. The summed E-state index contributed by atoms with van der Waals surface area (Å²) in [6.45, 7) is 6.11. The highest BCUT2D eigenvalue weighted by Gasteiger charge is 2.18. The van der Waals surface area contributed by atoms with Gasteiger partial charge in [-0.1, -0.05) is 20.8 Å². The second-order valence-corrected chi connectivity index (χ2v) is 7.24. The summed E-state index contributed by atoms with van der Waals surface area (Å²) in [5, 5.41) is 29.2. The third-order valence-electron chi connectivity index (χ3n) is 3.55. The molecule has 2 aromatic carbocycles. The number of azo groups is 1. The number of non-ortho nitro benzene ring substituents is 1. The number of aromatic hydroxyl groups is 1. The first kappa shape index (κ1) is 18.9. The van der Waals surface area contributed by atoms with E-state index in [-0.39, 0.29) is 28.2 Å². The predicted molar refractivity (Wildman–Crippen MR) is 98.3 cm³/mol. The lowest BCUT2D eigenvalue weighted by molar-refractivity contribution is -0.384. The molecule has 7 nitrogen and oxygen atoms in total. The van der Waals surface area contributed by atoms with E-state index < -0.39 is 4.92 Å². The highest BCUT2D eigenvalue weighted by Crippen LogP contribution is 2.40. The molecule has 25 heavy (non-hydrogen) atoms. The maximum Gasteiger partial charge on any atom is 0.271 e. The number of ether oxygens (including phenoxy) is 1. The Hall–Kier alpha value is -2.48. The SMILES string of the molecule is COc1ccc([N+](=O)[O-])cc1N=Nc1cc(C(C)(C)C)cc(Br)c1O. The van der Waals surface area contributed by atoms with E-state index in [0.29, 0.717) is 10.2 Å². The molecule has 2 rings (SSSR count). The lowest BCUT2D eigenvalue weighted by Crippen LogP contribution is -2.10. The van der Waals surface area contributed by atoms with Gasteiger partial charge in [-0.25, -0.2) is 0 Å². The molecule has 0 saturated heterocycles. The second-order valence-electron chi connectivity index (χ2n) is 6.39. The second kappa shape index (κ2) is 7.18. The topological polar surface area (TPSA) is 97.3 Å². The third-order valence-corrected chi connectivity index (χ3v) is 4.15. The summed E-state index contributed by atoms with van der Waals surface area (Å²) < 4.78 is 5.65. The highest BCUT2D eigenvalue weighted by atomic mass is 79.9. The van der Waals surface area contributed by atoms with Gasteiger partial charge in [-0.05, 0) is 45.1 Å². The molecular weight excluding hydrogens is 390 g/mol. The zero-order valence-electron chi connectivity index (χ0n) is 14.3. The van der Waals surface area contributed by atoms with Crippen LogP contribution >= 0.6 is 15.9 Å². The summed E-state index contributed by atoms with van der Waals surface area (Å²) in [5.41, 5.74) is 1.14. The summed E-state index contributed by atoms with van der Waals surface area (Å²) >= 11 is 3.31. The average Bonchev–Trinajstić information content (AvgIpc) is 2.54. The predicted octanol–water partition coefficient (Wildman–Crippen LogP) is 5.78. The first-order valence-corrected chi connectivity index (χ1v) is 8.20. The number of nitrogens with zero attached hydrogens (tertiary/aromatic N) is 3. The van der Waals surface area contributed by atoms with Crippen molar-refractivity contribution in [3.05, 3.63) is 50.5 Å². The van der Waals surface area contributed by atoms with E-state index in [1.807, 2.05) is 26.8 Å². The van der Waals surface area contributed by atoms with Gasteiger partial charge in [0.25, 0.3) is 5.69 Å². The highest BCUT2D eigenvalue weighted by molar-refractivity contribution is 9.10. The van der Waals surface area contributed by atoms with Gasteiger partial charge in [0, 0.05) is 12.1 Å². The quantitative estimate of drug-likeness (QED) is 0.394. The van der Waals surface area contributed by atoms with Crippen LogP contribution in [0.3, 0.4) is 0 Å². The normalized spacial score (nSPS) is 11.7. The molecule has 0 amide bonds. The van der Waals surface area contributed by atoms with Crippen LogP contribution in [0.1, 0.15) is 26.3 Å². The van der Waals surface area contributed by atoms with Crippen molar-refractivity contribution in [2.45, 2.75) is 26.2 Å². The van der Waals surface area contributed by atoms with Crippen LogP contribution in [0.4, 0.5) is 17.1 Å². The van der Waals surface area contributed by atoms with Crippen molar-refractivity contribution in [3.8, 4) is 11.5 Å². The van der Waals surface area contributed by atoms with Crippen LogP contribution in [-0.4, -0.2) is 17.1 Å². The maximum atomic E-state index is 10.9. The number of phenols is 1. The molecule has 0 unspecified atom stereocenters. The van der Waals surface area contributed by atoms with Gasteiger partial charge < -0.3 is 9.84 Å². The van der Waals surface area contributed by atoms with Gasteiger partial charge in [0.15, 0.2) is 5.75 Å². The number of methoxy groups -OCH3 is 1. The smallest absolute Gasteiger partial charge is 0.271 e. The van der Waals surface area contributed by atoms with E-state index in [1.54, 1.807) is 6.07 Å². The molecule has 0 spiro atoms. The summed E-state index contributed by atoms with van der Waals surface area (Å²) in [6.07, 6.45) is 0. The Morgan fingerprint density at radius 1 is 1.16 bits per heavy atom. The molecule has 132 valence electrons. The van der Waals surface area contributed by atoms with Gasteiger partial charge in [-0.2, -0.15) is 0 Å². The Balaban J connectivity index is 2.51. The Bertz CT molecular complexity index is 845. The Labute approximate surface area is 153 Å². The zero-order chi connectivity index (χ0) is 18.8. The monoisotopic (exact) mass is 407 g/mol. The van der Waals surface area contributed by atoms with Crippen LogP contribution in [0.5, 0.6) is 11.5 Å². The first-order valence-electron chi connectivity index (χ1n) is 7.40. The average molecular weight is 408 g/mol. The van der Waals surface area contributed by atoms with Crippen molar-refractivity contribution < 1.29 is 14.8 Å². The van der Waals surface area contributed by atoms with Gasteiger partial charge in [0.05, 0.1) is 16.5 Å². The molecule has 0 fully saturated rings. The summed E-state index contributed by atoms with van der Waals surface area (Å²) in [6, 6.07) is 7.59. The summed E-state index contributed by atoms with van der Waals surface area (Å²) in [5.74, 6) is 0.293. The van der Waals surface area contributed by atoms with Crippen LogP contribution in [0.15, 0.2) is 45.0 Å². The molecule has 8 heteroatoms. The van der Waals surface area contributed by atoms with Crippen molar-refractivity contribution in [3.63, 3.8) is 0 Å². The fourth-order valence-electron chi connectivity index (χ4n) is 2.07. The van der Waals surface area contributed by atoms with Gasteiger partial charge in [-0.3, -0.25) is 10.1 Å². The fourth-order valence-corrected chi connectivity index (χ4v) is 2.52. The first-order chi connectivity index (χ1) is 11.6. The van der Waals surface area contributed by atoms with Gasteiger partial charge in [-0.15, -0.1) is 10.2 Å². The van der Waals surface area contributed by atoms with Crippen LogP contribution in [0.25, 0.3) is 0 Å². The minimum Gasteiger partial charge on any atom is -0.505 e. The number of benzene rings is 2. The van der Waals surface area contributed by atoms with Gasteiger partial charge in [0.1, 0.15) is 17.1 Å². The number of nitro benzene ring substituents is 1. The lowest BCUT2D eigenvalue weighted by atomic mass is 9.87. The Morgan fingerprint density at radius 2 is 1.80 bits per heavy atom. The minimum absolute atomic E-state index is 0.0545. The van der Waals surface area contributed by atoms with Crippen molar-refractivity contribution in [2.75, 3.05) is 7.11 Å². The lowest BCUT2D eigenvalue weighted by Gasteiger charge is -2.20. The zero-order valence-corrected chi connectivity index (χ0v) is 15.9. The molecule has 0 atom stereocenters. The standard InChI is InChI=1S/C17H18BrN3O4/c1-17(2,3)10-7-12(18)16(22)14(8-10)20-19-13-9-11(21(23)24)5-6-15(13)25-4/h5-9,22H,1-4H3. The van der Waals surface area contributed by atoms with E-state index in [2.05, 4.69) is 26.2 Å². The van der Waals surface area contributed by atoms with Gasteiger partial charge >= 0.3 is 0 Å². The van der Waals surface area contributed by atoms with Crippen LogP contribution in [-0.2, 0) is 5.41 Å². The van der Waals surface area contributed by atoms with E-state index in [9.17, 15) is 15.2 Å². The van der Waals surface area contributed by atoms with Crippen molar-refractivity contribution >= 4 is 33.0 Å². The number of rotatable bonds is 4. The van der Waals surface area contributed by atoms with Crippen molar-refractivity contribution in [1.82, 2.24) is 0 Å². The number of halogens is 1. The fraction of sp³-hybridized carbons (Fsp3) is 0.294. The molecule has 0 saturated carbocycles. The molecule has 0 aromatic heterocycles. The Morgan fingerprint density at radius 3 is 2.36 bits per heavy atom. The molecule has 0 radical (unpaired) electrons. The van der Waals surface area contributed by atoms with Crippen molar-refractivity contribution in [1.29, 1.82) is 0 Å². The molecule has 0 aliphatic heterocycles.